The van der Waals surface area contributed by atoms with Gasteiger partial charge in [0.2, 0.25) is 0 Å². The van der Waals surface area contributed by atoms with Crippen molar-refractivity contribution in [2.45, 2.75) is 52.1 Å². The van der Waals surface area contributed by atoms with E-state index in [1.807, 2.05) is 6.92 Å². The van der Waals surface area contributed by atoms with Gasteiger partial charge in [-0.25, -0.2) is 0 Å². The fourth-order valence-electron chi connectivity index (χ4n) is 1.70. The predicted octanol–water partition coefficient (Wildman–Crippen LogP) is 1.72. The van der Waals surface area contributed by atoms with Crippen molar-refractivity contribution in [1.29, 1.82) is 0 Å². The van der Waals surface area contributed by atoms with Crippen molar-refractivity contribution in [2.24, 2.45) is 5.92 Å². The first-order chi connectivity index (χ1) is 6.56. The molecule has 3 nitrogen and oxygen atoms in total. The van der Waals surface area contributed by atoms with Crippen molar-refractivity contribution in [1.82, 2.24) is 0 Å². The molecule has 0 saturated heterocycles. The summed E-state index contributed by atoms with van der Waals surface area (Å²) < 4.78 is 0. The second kappa shape index (κ2) is 5.91. The fraction of sp³-hybridized carbons (Fsp3) is 0.818. The van der Waals surface area contributed by atoms with E-state index in [0.29, 0.717) is 19.1 Å². The molecule has 0 aromatic heterocycles. The third kappa shape index (κ3) is 2.64. The molecule has 0 fully saturated rings. The average Bonchev–Trinajstić information content (AvgIpc) is 2.23. The quantitative estimate of drug-likeness (QED) is 0.637. The van der Waals surface area contributed by atoms with Crippen LogP contribution in [-0.4, -0.2) is 22.8 Å². The van der Waals surface area contributed by atoms with Crippen LogP contribution in [0, 0.1) is 5.92 Å². The highest BCUT2D eigenvalue weighted by Gasteiger charge is 2.40. The molecule has 82 valence electrons. The summed E-state index contributed by atoms with van der Waals surface area (Å²) >= 11 is 0. The Balaban J connectivity index is 4.78. The minimum absolute atomic E-state index is 0.231. The lowest BCUT2D eigenvalue weighted by molar-refractivity contribution is -0.147. The molecule has 2 atom stereocenters. The van der Waals surface area contributed by atoms with Gasteiger partial charge < -0.3 is 9.90 Å². The predicted molar refractivity (Wildman–Crippen MR) is 55.0 cm³/mol. The molecule has 0 aliphatic carbocycles. The second-order valence-corrected chi connectivity index (χ2v) is 3.59. The standard InChI is InChI=1S/C11H20O3/c1-4-7-9(8-12)11(14,6-3)10(13)5-2/h8-9,14H,4-7H2,1-3H3/t9-,11-/m0/s1. The average molecular weight is 200 g/mol. The molecule has 0 rings (SSSR count). The normalized spacial score (nSPS) is 17.1. The van der Waals surface area contributed by atoms with Crippen molar-refractivity contribution in [3.63, 3.8) is 0 Å². The van der Waals surface area contributed by atoms with Gasteiger partial charge in [-0.1, -0.05) is 27.2 Å². The molecular formula is C11H20O3. The summed E-state index contributed by atoms with van der Waals surface area (Å²) in [6, 6.07) is 0. The molecule has 1 N–H and O–H groups in total. The van der Waals surface area contributed by atoms with Gasteiger partial charge in [0.1, 0.15) is 11.9 Å². The van der Waals surface area contributed by atoms with Gasteiger partial charge in [-0.15, -0.1) is 0 Å². The van der Waals surface area contributed by atoms with Crippen LogP contribution >= 0.6 is 0 Å². The molecule has 0 aliphatic heterocycles. The van der Waals surface area contributed by atoms with Crippen molar-refractivity contribution in [2.75, 3.05) is 0 Å². The minimum Gasteiger partial charge on any atom is -0.381 e. The topological polar surface area (TPSA) is 54.4 Å². The van der Waals surface area contributed by atoms with Crippen LogP contribution in [0.15, 0.2) is 0 Å². The molecule has 14 heavy (non-hydrogen) atoms. The number of carbonyl (C=O) groups excluding carboxylic acids is 2. The van der Waals surface area contributed by atoms with Crippen LogP contribution in [0.1, 0.15) is 46.5 Å². The van der Waals surface area contributed by atoms with Crippen LogP contribution < -0.4 is 0 Å². The Morgan fingerprint density at radius 2 is 2.00 bits per heavy atom. The van der Waals surface area contributed by atoms with Crippen LogP contribution in [0.5, 0.6) is 0 Å². The van der Waals surface area contributed by atoms with Crippen molar-refractivity contribution >= 4 is 12.1 Å². The number of aliphatic hydroxyl groups is 1. The lowest BCUT2D eigenvalue weighted by Crippen LogP contribution is -2.45. The smallest absolute Gasteiger partial charge is 0.164 e. The Morgan fingerprint density at radius 1 is 1.43 bits per heavy atom. The Bertz CT molecular complexity index is 201. The Kier molecular flexibility index (Phi) is 5.62. The number of aldehydes is 1. The molecule has 0 heterocycles. The highest BCUT2D eigenvalue weighted by molar-refractivity contribution is 5.89. The van der Waals surface area contributed by atoms with E-state index in [-0.39, 0.29) is 12.2 Å². The molecule has 0 saturated carbocycles. The van der Waals surface area contributed by atoms with Crippen LogP contribution in [0.25, 0.3) is 0 Å². The SMILES string of the molecule is CCC[C@@H](C=O)[C@@](O)(CC)C(=O)CC. The first-order valence-electron chi connectivity index (χ1n) is 5.27. The van der Waals surface area contributed by atoms with E-state index in [0.717, 1.165) is 6.42 Å². The van der Waals surface area contributed by atoms with E-state index in [2.05, 4.69) is 0 Å². The molecule has 0 bridgehead atoms. The maximum atomic E-state index is 11.5. The molecule has 0 spiro atoms. The highest BCUT2D eigenvalue weighted by Crippen LogP contribution is 2.26. The van der Waals surface area contributed by atoms with Crippen LogP contribution in [0.4, 0.5) is 0 Å². The molecule has 0 aromatic carbocycles. The van der Waals surface area contributed by atoms with Crippen molar-refractivity contribution < 1.29 is 14.7 Å². The summed E-state index contributed by atoms with van der Waals surface area (Å²) in [6.07, 6.45) is 2.66. The van der Waals surface area contributed by atoms with Gasteiger partial charge in [-0.2, -0.15) is 0 Å². The summed E-state index contributed by atoms with van der Waals surface area (Å²) in [5.41, 5.74) is -1.44. The summed E-state index contributed by atoms with van der Waals surface area (Å²) in [4.78, 5) is 22.3. The first-order valence-corrected chi connectivity index (χ1v) is 5.27. The lowest BCUT2D eigenvalue weighted by atomic mass is 9.79. The molecule has 0 unspecified atom stereocenters. The summed E-state index contributed by atoms with van der Waals surface area (Å²) in [5.74, 6) is -0.782. The van der Waals surface area contributed by atoms with Gasteiger partial charge in [0.25, 0.3) is 0 Å². The van der Waals surface area contributed by atoms with Gasteiger partial charge in [0.05, 0.1) is 5.92 Å². The van der Waals surface area contributed by atoms with E-state index in [1.165, 1.54) is 0 Å². The lowest BCUT2D eigenvalue weighted by Gasteiger charge is -2.30. The maximum Gasteiger partial charge on any atom is 0.164 e. The molecule has 3 heteroatoms. The zero-order valence-electron chi connectivity index (χ0n) is 9.25. The van der Waals surface area contributed by atoms with Crippen LogP contribution in [0.3, 0.4) is 0 Å². The number of carbonyl (C=O) groups is 2. The Hall–Kier alpha value is -0.700. The van der Waals surface area contributed by atoms with Crippen LogP contribution in [0.2, 0.25) is 0 Å². The largest absolute Gasteiger partial charge is 0.381 e. The molecule has 0 amide bonds. The van der Waals surface area contributed by atoms with Crippen molar-refractivity contribution in [3.05, 3.63) is 0 Å². The fourth-order valence-corrected chi connectivity index (χ4v) is 1.70. The number of hydrogen-bond donors (Lipinski definition) is 1. The van der Waals surface area contributed by atoms with Crippen molar-refractivity contribution in [3.8, 4) is 0 Å². The zero-order valence-corrected chi connectivity index (χ0v) is 9.25. The number of Topliss-reactive ketones (excluding diaryl/α,β-unsaturated/α-hetero) is 1. The maximum absolute atomic E-state index is 11.5. The third-order valence-corrected chi connectivity index (χ3v) is 2.72. The van der Waals surface area contributed by atoms with E-state index < -0.39 is 11.5 Å². The van der Waals surface area contributed by atoms with E-state index in [1.54, 1.807) is 13.8 Å². The molecule has 0 radical (unpaired) electrons. The zero-order chi connectivity index (χ0) is 11.2. The highest BCUT2D eigenvalue weighted by atomic mass is 16.3. The van der Waals surface area contributed by atoms with Gasteiger partial charge >= 0.3 is 0 Å². The third-order valence-electron chi connectivity index (χ3n) is 2.72. The number of hydrogen-bond acceptors (Lipinski definition) is 3. The monoisotopic (exact) mass is 200 g/mol. The van der Waals surface area contributed by atoms with E-state index in [9.17, 15) is 14.7 Å². The van der Waals surface area contributed by atoms with E-state index >= 15 is 0 Å². The second-order valence-electron chi connectivity index (χ2n) is 3.59. The molecular weight excluding hydrogens is 180 g/mol. The Morgan fingerprint density at radius 3 is 2.29 bits per heavy atom. The molecule has 0 aliphatic rings. The summed E-state index contributed by atoms with van der Waals surface area (Å²) in [6.45, 7) is 5.37. The number of rotatable bonds is 7. The Labute approximate surface area is 85.5 Å². The van der Waals surface area contributed by atoms with Gasteiger partial charge in [-0.05, 0) is 12.8 Å². The minimum atomic E-state index is -1.44. The van der Waals surface area contributed by atoms with Crippen LogP contribution in [-0.2, 0) is 9.59 Å². The summed E-state index contributed by atoms with van der Waals surface area (Å²) in [7, 11) is 0. The number of ketones is 1. The van der Waals surface area contributed by atoms with Gasteiger partial charge in [0, 0.05) is 6.42 Å². The van der Waals surface area contributed by atoms with Gasteiger partial charge in [-0.3, -0.25) is 4.79 Å². The van der Waals surface area contributed by atoms with Gasteiger partial charge in [0.15, 0.2) is 5.78 Å². The first kappa shape index (κ1) is 13.3. The molecule has 0 aromatic rings. The summed E-state index contributed by atoms with van der Waals surface area (Å²) in [5, 5.41) is 10.1. The van der Waals surface area contributed by atoms with E-state index in [4.69, 9.17) is 0 Å².